The molecule has 0 spiro atoms. The van der Waals surface area contributed by atoms with Gasteiger partial charge in [-0.2, -0.15) is 43.9 Å². The number of ether oxygens (including phenoxy) is 3. The zero-order valence-corrected chi connectivity index (χ0v) is 22.0. The van der Waals surface area contributed by atoms with Crippen LogP contribution >= 0.6 is 0 Å². The van der Waals surface area contributed by atoms with E-state index in [1.165, 1.54) is 0 Å². The molecule has 0 saturated carbocycles. The molecule has 3 nitrogen and oxygen atoms in total. The summed E-state index contributed by atoms with van der Waals surface area (Å²) in [6.07, 6.45) is -28.1. The first kappa shape index (κ1) is 36.1. The molecule has 2 atom stereocenters. The predicted octanol–water partition coefficient (Wildman–Crippen LogP) is 7.64. The van der Waals surface area contributed by atoms with Crippen LogP contribution in [0.25, 0.3) is 0 Å². The number of hydrogen-bond acceptors (Lipinski definition) is 3. The van der Waals surface area contributed by atoms with Gasteiger partial charge in [-0.3, -0.25) is 4.74 Å². The van der Waals surface area contributed by atoms with E-state index in [0.717, 1.165) is 12.8 Å². The Morgan fingerprint density at radius 2 is 0.853 bits per heavy atom. The minimum Gasteiger partial charge on any atom is -0.369 e. The maximum Gasteiger partial charge on any atom is 0.391 e. The topological polar surface area (TPSA) is 27.7 Å². The molecule has 0 bridgehead atoms. The average Bonchev–Trinajstić information content (AvgIpc) is 2.63. The standard InChI is InChI=1S/C20H32F10O3.Sn/c1-3-5-7-9-11-31-15(13-17(21,22)23)19(27,28)33-20(29,30)16(14-18(24,25)26)32-12-10-8-6-4-2;/h15-16H,3-14H2,1-2H3;. The number of hydrogen-bond donors (Lipinski definition) is 0. The normalized spacial score (nSPS) is 15.2. The van der Waals surface area contributed by atoms with Crippen molar-refractivity contribution in [1.82, 2.24) is 0 Å². The maximum atomic E-state index is 14.3. The molecule has 2 unspecified atom stereocenters. The molecule has 0 amide bonds. The summed E-state index contributed by atoms with van der Waals surface area (Å²) in [6.45, 7) is 2.46. The van der Waals surface area contributed by atoms with Crippen molar-refractivity contribution in [3.63, 3.8) is 0 Å². The quantitative estimate of drug-likeness (QED) is 0.0887. The largest absolute Gasteiger partial charge is 0.391 e. The Balaban J connectivity index is 0. The molecule has 34 heavy (non-hydrogen) atoms. The molecule has 0 aromatic rings. The Morgan fingerprint density at radius 1 is 0.529 bits per heavy atom. The van der Waals surface area contributed by atoms with Gasteiger partial charge >= 0.3 is 24.6 Å². The Labute approximate surface area is 210 Å². The van der Waals surface area contributed by atoms with Crippen LogP contribution in [0.15, 0.2) is 0 Å². The summed E-state index contributed by atoms with van der Waals surface area (Å²) in [5, 5.41) is 0. The van der Waals surface area contributed by atoms with E-state index in [1.54, 1.807) is 0 Å². The number of alkyl halides is 10. The number of rotatable bonds is 18. The Kier molecular flexibility index (Phi) is 17.7. The molecule has 0 aromatic carbocycles. The first-order chi connectivity index (χ1) is 15.0. The summed E-state index contributed by atoms with van der Waals surface area (Å²) in [5.74, 6) is 0. The molecule has 0 aliphatic rings. The zero-order chi connectivity index (χ0) is 25.8. The molecule has 0 N–H and O–H groups in total. The molecule has 4 radical (unpaired) electrons. The Morgan fingerprint density at radius 3 is 1.12 bits per heavy atom. The molecule has 204 valence electrons. The van der Waals surface area contributed by atoms with Crippen molar-refractivity contribution in [3.05, 3.63) is 0 Å². The summed E-state index contributed by atoms with van der Waals surface area (Å²) < 4.78 is 146. The van der Waals surface area contributed by atoms with Crippen LogP contribution in [0.5, 0.6) is 0 Å². The summed E-state index contributed by atoms with van der Waals surface area (Å²) >= 11 is 0. The fraction of sp³-hybridized carbons (Fsp3) is 1.00. The maximum absolute atomic E-state index is 14.3. The van der Waals surface area contributed by atoms with E-state index in [2.05, 4.69) is 14.2 Å². The van der Waals surface area contributed by atoms with Crippen LogP contribution in [0.2, 0.25) is 0 Å². The van der Waals surface area contributed by atoms with Gasteiger partial charge in [-0.05, 0) is 12.8 Å². The van der Waals surface area contributed by atoms with Gasteiger partial charge < -0.3 is 9.47 Å². The second kappa shape index (κ2) is 16.7. The van der Waals surface area contributed by atoms with E-state index in [9.17, 15) is 43.9 Å². The second-order valence-corrected chi connectivity index (χ2v) is 7.70. The van der Waals surface area contributed by atoms with E-state index >= 15 is 0 Å². The second-order valence-electron chi connectivity index (χ2n) is 7.70. The van der Waals surface area contributed by atoms with Crippen molar-refractivity contribution in [3.8, 4) is 0 Å². The molecule has 0 aromatic heterocycles. The molecule has 0 fully saturated rings. The van der Waals surface area contributed by atoms with E-state index < -0.39 is 62.8 Å². The summed E-state index contributed by atoms with van der Waals surface area (Å²) in [7, 11) is 0. The predicted molar refractivity (Wildman–Crippen MR) is 106 cm³/mol. The third-order valence-electron chi connectivity index (χ3n) is 4.49. The van der Waals surface area contributed by atoms with Gasteiger partial charge in [0.1, 0.15) is 0 Å². The van der Waals surface area contributed by atoms with Gasteiger partial charge in [0, 0.05) is 37.1 Å². The summed E-state index contributed by atoms with van der Waals surface area (Å²) in [4.78, 5) is 0. The van der Waals surface area contributed by atoms with Crippen molar-refractivity contribution >= 4 is 23.9 Å². The fourth-order valence-electron chi connectivity index (χ4n) is 2.79. The van der Waals surface area contributed by atoms with Crippen LogP contribution in [-0.2, 0) is 14.2 Å². The minimum absolute atomic E-state index is 0. The Hall–Kier alpha value is -0.0213. The summed E-state index contributed by atoms with van der Waals surface area (Å²) in [6, 6.07) is 0. The van der Waals surface area contributed by atoms with Gasteiger partial charge in [-0.15, -0.1) is 0 Å². The van der Waals surface area contributed by atoms with Crippen molar-refractivity contribution in [2.24, 2.45) is 0 Å². The fourth-order valence-corrected chi connectivity index (χ4v) is 2.79. The van der Waals surface area contributed by atoms with Gasteiger partial charge in [-0.25, -0.2) is 0 Å². The first-order valence-corrected chi connectivity index (χ1v) is 10.9. The molecule has 0 heterocycles. The van der Waals surface area contributed by atoms with Crippen molar-refractivity contribution in [2.75, 3.05) is 13.2 Å². The number of halogens is 10. The smallest absolute Gasteiger partial charge is 0.369 e. The Bertz CT molecular complexity index is 472. The van der Waals surface area contributed by atoms with Gasteiger partial charge in [-0.1, -0.05) is 52.4 Å². The van der Waals surface area contributed by atoms with Crippen molar-refractivity contribution < 1.29 is 58.1 Å². The van der Waals surface area contributed by atoms with Crippen molar-refractivity contribution in [2.45, 2.75) is 115 Å². The SMILES string of the molecule is CCCCCCOC(CC(F)(F)F)C(F)(F)OC(F)(F)C(CC(F)(F)F)OCCCCCC.[Sn]. The van der Waals surface area contributed by atoms with Crippen molar-refractivity contribution in [1.29, 1.82) is 0 Å². The molecule has 0 rings (SSSR count). The van der Waals surface area contributed by atoms with Gasteiger partial charge in [0.25, 0.3) is 0 Å². The molecule has 0 aliphatic heterocycles. The number of unbranched alkanes of at least 4 members (excludes halogenated alkanes) is 6. The average molecular weight is 629 g/mol. The molecule has 0 saturated heterocycles. The molecular formula is C20H32F10O3Sn. The molecule has 0 aliphatic carbocycles. The van der Waals surface area contributed by atoms with Crippen LogP contribution < -0.4 is 0 Å². The van der Waals surface area contributed by atoms with E-state index in [1.807, 2.05) is 13.8 Å². The van der Waals surface area contributed by atoms with E-state index in [4.69, 9.17) is 0 Å². The van der Waals surface area contributed by atoms with Gasteiger partial charge in [0.15, 0.2) is 12.2 Å². The van der Waals surface area contributed by atoms with Crippen LogP contribution in [0.3, 0.4) is 0 Å². The van der Waals surface area contributed by atoms with Crippen LogP contribution in [0, 0.1) is 0 Å². The zero-order valence-electron chi connectivity index (χ0n) is 19.1. The first-order valence-electron chi connectivity index (χ1n) is 10.9. The van der Waals surface area contributed by atoms with Crippen LogP contribution in [0.1, 0.15) is 78.1 Å². The third kappa shape index (κ3) is 17.4. The summed E-state index contributed by atoms with van der Waals surface area (Å²) in [5.41, 5.74) is 0. The monoisotopic (exact) mass is 630 g/mol. The van der Waals surface area contributed by atoms with Crippen LogP contribution in [-0.4, -0.2) is 73.9 Å². The van der Waals surface area contributed by atoms with Gasteiger partial charge in [0.2, 0.25) is 0 Å². The molecular weight excluding hydrogens is 597 g/mol. The van der Waals surface area contributed by atoms with E-state index in [0.29, 0.717) is 25.7 Å². The van der Waals surface area contributed by atoms with Crippen LogP contribution in [0.4, 0.5) is 43.9 Å². The minimum atomic E-state index is -5.24. The van der Waals surface area contributed by atoms with E-state index in [-0.39, 0.29) is 36.7 Å². The molecule has 14 heteroatoms. The van der Waals surface area contributed by atoms with Gasteiger partial charge in [0.05, 0.1) is 12.8 Å². The third-order valence-corrected chi connectivity index (χ3v) is 4.49.